The maximum atomic E-state index is 11.6. The lowest BCUT2D eigenvalue weighted by Crippen LogP contribution is -2.06. The summed E-state index contributed by atoms with van der Waals surface area (Å²) in [6.45, 7) is 2.53. The van der Waals surface area contributed by atoms with E-state index in [1.54, 1.807) is 12.1 Å². The number of hydrogen-bond donors (Lipinski definition) is 1. The summed E-state index contributed by atoms with van der Waals surface area (Å²) in [5.74, 6) is -0.109. The number of rotatable bonds is 7. The molecule has 3 aromatic rings. The van der Waals surface area contributed by atoms with Crippen LogP contribution in [-0.2, 0) is 13.2 Å². The van der Waals surface area contributed by atoms with Gasteiger partial charge in [0.05, 0.1) is 0 Å². The van der Waals surface area contributed by atoms with E-state index in [0.717, 1.165) is 16.7 Å². The standard InChI is InChI=1S/C22H20O4/c1-16-12-19(22(23)24)21(26-15-18-10-6-3-7-11-18)13-20(16)25-14-17-8-4-2-5-9-17/h2-13H,14-15H2,1H3,(H,23,24). The predicted octanol–water partition coefficient (Wildman–Crippen LogP) is 4.85. The SMILES string of the molecule is Cc1cc(C(=O)O)c(OCc2ccccc2)cc1OCc1ccccc1. The van der Waals surface area contributed by atoms with Crippen molar-refractivity contribution in [2.45, 2.75) is 20.1 Å². The van der Waals surface area contributed by atoms with Crippen molar-refractivity contribution in [2.75, 3.05) is 0 Å². The first kappa shape index (κ1) is 17.5. The zero-order valence-electron chi connectivity index (χ0n) is 14.5. The van der Waals surface area contributed by atoms with E-state index in [4.69, 9.17) is 9.47 Å². The van der Waals surface area contributed by atoms with E-state index in [9.17, 15) is 9.90 Å². The Hall–Kier alpha value is -3.27. The number of ether oxygens (including phenoxy) is 2. The van der Waals surface area contributed by atoms with Crippen molar-refractivity contribution < 1.29 is 19.4 Å². The Balaban J connectivity index is 1.80. The van der Waals surface area contributed by atoms with Gasteiger partial charge in [0.2, 0.25) is 0 Å². The molecule has 0 amide bonds. The Bertz CT molecular complexity index is 873. The normalized spacial score (nSPS) is 10.3. The molecule has 0 aliphatic heterocycles. The van der Waals surface area contributed by atoms with Crippen LogP contribution in [0.4, 0.5) is 0 Å². The monoisotopic (exact) mass is 348 g/mol. The van der Waals surface area contributed by atoms with E-state index >= 15 is 0 Å². The van der Waals surface area contributed by atoms with E-state index in [0.29, 0.717) is 24.7 Å². The molecule has 0 atom stereocenters. The fourth-order valence-electron chi connectivity index (χ4n) is 2.58. The minimum Gasteiger partial charge on any atom is -0.488 e. The first-order valence-corrected chi connectivity index (χ1v) is 8.35. The fourth-order valence-corrected chi connectivity index (χ4v) is 2.58. The molecule has 0 saturated heterocycles. The number of carbonyl (C=O) groups is 1. The number of aromatic carboxylic acids is 1. The third-order valence-electron chi connectivity index (χ3n) is 3.98. The average molecular weight is 348 g/mol. The zero-order valence-corrected chi connectivity index (χ0v) is 14.5. The van der Waals surface area contributed by atoms with Crippen molar-refractivity contribution in [1.82, 2.24) is 0 Å². The molecule has 4 heteroatoms. The first-order chi connectivity index (χ1) is 12.6. The second kappa shape index (κ2) is 8.21. The summed E-state index contributed by atoms with van der Waals surface area (Å²) in [6.07, 6.45) is 0. The quantitative estimate of drug-likeness (QED) is 0.663. The smallest absolute Gasteiger partial charge is 0.339 e. The number of benzene rings is 3. The second-order valence-electron chi connectivity index (χ2n) is 5.97. The van der Waals surface area contributed by atoms with Gasteiger partial charge in [-0.1, -0.05) is 60.7 Å². The molecule has 26 heavy (non-hydrogen) atoms. The van der Waals surface area contributed by atoms with Crippen LogP contribution in [0.3, 0.4) is 0 Å². The van der Waals surface area contributed by atoms with Crippen LogP contribution in [0.1, 0.15) is 27.0 Å². The molecule has 4 nitrogen and oxygen atoms in total. The highest BCUT2D eigenvalue weighted by atomic mass is 16.5. The molecular formula is C22H20O4. The van der Waals surface area contributed by atoms with Crippen LogP contribution in [0.5, 0.6) is 11.5 Å². The molecule has 0 aliphatic carbocycles. The Morgan fingerprint density at radius 1 is 0.808 bits per heavy atom. The highest BCUT2D eigenvalue weighted by molar-refractivity contribution is 5.91. The zero-order chi connectivity index (χ0) is 18.4. The average Bonchev–Trinajstić information content (AvgIpc) is 2.67. The van der Waals surface area contributed by atoms with Crippen LogP contribution in [0, 0.1) is 6.92 Å². The highest BCUT2D eigenvalue weighted by Crippen LogP contribution is 2.30. The van der Waals surface area contributed by atoms with E-state index in [1.807, 2.05) is 67.6 Å². The molecule has 0 radical (unpaired) electrons. The van der Waals surface area contributed by atoms with Gasteiger partial charge in [-0.15, -0.1) is 0 Å². The number of aryl methyl sites for hydroxylation is 1. The van der Waals surface area contributed by atoms with Gasteiger partial charge in [-0.05, 0) is 29.7 Å². The van der Waals surface area contributed by atoms with E-state index < -0.39 is 5.97 Å². The third-order valence-corrected chi connectivity index (χ3v) is 3.98. The molecule has 3 aromatic carbocycles. The Labute approximate surface area is 152 Å². The highest BCUT2D eigenvalue weighted by Gasteiger charge is 2.16. The molecule has 0 fully saturated rings. The van der Waals surface area contributed by atoms with Crippen LogP contribution in [-0.4, -0.2) is 11.1 Å². The van der Waals surface area contributed by atoms with Gasteiger partial charge in [-0.25, -0.2) is 4.79 Å². The van der Waals surface area contributed by atoms with Gasteiger partial charge in [0.1, 0.15) is 30.3 Å². The molecule has 0 heterocycles. The van der Waals surface area contributed by atoms with Crippen LogP contribution in [0.15, 0.2) is 72.8 Å². The minimum atomic E-state index is -1.02. The maximum Gasteiger partial charge on any atom is 0.339 e. The summed E-state index contributed by atoms with van der Waals surface area (Å²) in [4.78, 5) is 11.6. The van der Waals surface area contributed by atoms with E-state index in [1.165, 1.54) is 0 Å². The van der Waals surface area contributed by atoms with Crippen molar-refractivity contribution >= 4 is 5.97 Å². The predicted molar refractivity (Wildman–Crippen MR) is 99.7 cm³/mol. The molecule has 3 rings (SSSR count). The first-order valence-electron chi connectivity index (χ1n) is 8.35. The molecule has 0 aliphatic rings. The van der Waals surface area contributed by atoms with Gasteiger partial charge in [-0.2, -0.15) is 0 Å². The number of carboxylic acids is 1. The van der Waals surface area contributed by atoms with Gasteiger partial charge in [0.15, 0.2) is 0 Å². The van der Waals surface area contributed by atoms with Crippen LogP contribution >= 0.6 is 0 Å². The van der Waals surface area contributed by atoms with Gasteiger partial charge in [0, 0.05) is 6.07 Å². The fraction of sp³-hybridized carbons (Fsp3) is 0.136. The molecular weight excluding hydrogens is 328 g/mol. The van der Waals surface area contributed by atoms with Crippen molar-refractivity contribution in [3.63, 3.8) is 0 Å². The summed E-state index contributed by atoms with van der Waals surface area (Å²) in [5, 5.41) is 9.47. The molecule has 0 spiro atoms. The number of hydrogen-bond acceptors (Lipinski definition) is 3. The summed E-state index contributed by atoms with van der Waals surface area (Å²) < 4.78 is 11.6. The molecule has 0 saturated carbocycles. The lowest BCUT2D eigenvalue weighted by molar-refractivity contribution is 0.0691. The van der Waals surface area contributed by atoms with Gasteiger partial charge in [0.25, 0.3) is 0 Å². The molecule has 0 bridgehead atoms. The second-order valence-corrected chi connectivity index (χ2v) is 5.97. The van der Waals surface area contributed by atoms with Crippen molar-refractivity contribution in [2.24, 2.45) is 0 Å². The Kier molecular flexibility index (Phi) is 5.54. The molecule has 0 aromatic heterocycles. The summed E-state index contributed by atoms with van der Waals surface area (Å²) in [6, 6.07) is 22.7. The minimum absolute atomic E-state index is 0.130. The maximum absolute atomic E-state index is 11.6. The summed E-state index contributed by atoms with van der Waals surface area (Å²) >= 11 is 0. The van der Waals surface area contributed by atoms with Crippen molar-refractivity contribution in [1.29, 1.82) is 0 Å². The van der Waals surface area contributed by atoms with Crippen LogP contribution in [0.2, 0.25) is 0 Å². The molecule has 132 valence electrons. The Morgan fingerprint density at radius 2 is 1.31 bits per heavy atom. The van der Waals surface area contributed by atoms with Gasteiger partial charge >= 0.3 is 5.97 Å². The Morgan fingerprint density at radius 3 is 1.81 bits per heavy atom. The van der Waals surface area contributed by atoms with Gasteiger partial charge < -0.3 is 14.6 Å². The molecule has 1 N–H and O–H groups in total. The van der Waals surface area contributed by atoms with Gasteiger partial charge in [-0.3, -0.25) is 0 Å². The lowest BCUT2D eigenvalue weighted by atomic mass is 10.1. The van der Waals surface area contributed by atoms with Crippen LogP contribution < -0.4 is 9.47 Å². The van der Waals surface area contributed by atoms with E-state index in [-0.39, 0.29) is 5.56 Å². The lowest BCUT2D eigenvalue weighted by Gasteiger charge is -2.15. The van der Waals surface area contributed by atoms with Crippen molar-refractivity contribution in [3.8, 4) is 11.5 Å². The molecule has 0 unspecified atom stereocenters. The van der Waals surface area contributed by atoms with E-state index in [2.05, 4.69) is 0 Å². The summed E-state index contributed by atoms with van der Waals surface area (Å²) in [5.41, 5.74) is 2.90. The number of carboxylic acid groups (broad SMARTS) is 1. The third kappa shape index (κ3) is 4.42. The van der Waals surface area contributed by atoms with Crippen LogP contribution in [0.25, 0.3) is 0 Å². The van der Waals surface area contributed by atoms with Crippen molar-refractivity contribution in [3.05, 3.63) is 95.1 Å². The topological polar surface area (TPSA) is 55.8 Å². The largest absolute Gasteiger partial charge is 0.488 e. The summed E-state index contributed by atoms with van der Waals surface area (Å²) in [7, 11) is 0.